The van der Waals surface area contributed by atoms with Crippen molar-refractivity contribution in [2.75, 3.05) is 10.6 Å². The molecule has 162 valence electrons. The third kappa shape index (κ3) is 6.58. The highest BCUT2D eigenvalue weighted by Crippen LogP contribution is 2.26. The molecular weight excluding hydrogens is 472 g/mol. The summed E-state index contributed by atoms with van der Waals surface area (Å²) in [4.78, 5) is -0.771. The zero-order chi connectivity index (χ0) is 22.7. The van der Waals surface area contributed by atoms with Crippen molar-refractivity contribution in [2.45, 2.75) is 22.6 Å². The van der Waals surface area contributed by atoms with Crippen LogP contribution in [0, 0.1) is 0 Å². The normalized spacial score (nSPS) is 11.7. The summed E-state index contributed by atoms with van der Waals surface area (Å²) in [6.45, 7) is 0. The number of hydrogen-bond acceptors (Lipinski definition) is 6. The van der Waals surface area contributed by atoms with Gasteiger partial charge in [-0.3, -0.25) is 9.11 Å². The molecule has 14 heteroatoms. The average Bonchev–Trinajstić information content (AvgIpc) is 2.58. The molecule has 0 amide bonds. The van der Waals surface area contributed by atoms with Gasteiger partial charge in [-0.25, -0.2) is 0 Å². The lowest BCUT2D eigenvalue weighted by Crippen LogP contribution is -2.19. The smallest absolute Gasteiger partial charge is 0.294 e. The molecule has 2 aromatic rings. The zero-order valence-electron chi connectivity index (χ0n) is 15.2. The topological polar surface area (TPSA) is 185 Å². The van der Waals surface area contributed by atoms with E-state index in [1.165, 1.54) is 24.3 Å². The molecule has 0 unspecified atom stereocenters. The molecule has 0 aliphatic heterocycles. The fourth-order valence-corrected chi connectivity index (χ4v) is 4.50. The van der Waals surface area contributed by atoms with Crippen molar-refractivity contribution in [3.05, 3.63) is 47.5 Å². The van der Waals surface area contributed by atoms with Crippen molar-refractivity contribution < 1.29 is 25.9 Å². The van der Waals surface area contributed by atoms with Gasteiger partial charge in [-0.2, -0.15) is 16.8 Å². The Hall–Kier alpha value is -2.36. The summed E-state index contributed by atoms with van der Waals surface area (Å²) in [5.41, 5.74) is 11.7. The monoisotopic (exact) mass is 490 g/mol. The molecule has 10 nitrogen and oxygen atoms in total. The first-order valence-corrected chi connectivity index (χ1v) is 11.8. The first kappa shape index (κ1) is 23.9. The Balaban J connectivity index is 2.41. The third-order valence-corrected chi connectivity index (χ3v) is 5.96. The molecule has 0 saturated carbocycles. The minimum absolute atomic E-state index is 0.0348. The summed E-state index contributed by atoms with van der Waals surface area (Å²) in [6, 6.07) is 8.18. The summed E-state index contributed by atoms with van der Waals surface area (Å²) in [5.74, 6) is 0. The second-order valence-electron chi connectivity index (χ2n) is 6.07. The lowest BCUT2D eigenvalue weighted by atomic mass is 10.0. The Kier molecular flexibility index (Phi) is 7.33. The lowest BCUT2D eigenvalue weighted by Gasteiger charge is -2.13. The number of aryl methyl sites for hydroxylation is 2. The van der Waals surface area contributed by atoms with Gasteiger partial charge in [0.05, 0.1) is 9.79 Å². The Morgan fingerprint density at radius 2 is 1.10 bits per heavy atom. The maximum absolute atomic E-state index is 11.8. The molecule has 0 atom stereocenters. The summed E-state index contributed by atoms with van der Waals surface area (Å²) < 4.78 is 66.2. The van der Waals surface area contributed by atoms with E-state index in [4.69, 9.17) is 35.9 Å². The zero-order valence-corrected chi connectivity index (χ0v) is 18.5. The van der Waals surface area contributed by atoms with E-state index >= 15 is 0 Å². The quantitative estimate of drug-likeness (QED) is 0.242. The maximum Gasteiger partial charge on any atom is 0.294 e. The molecule has 0 aromatic heterocycles. The second-order valence-corrected chi connectivity index (χ2v) is 9.73. The van der Waals surface area contributed by atoms with Crippen LogP contribution in [0.2, 0.25) is 0 Å². The third-order valence-electron chi connectivity index (χ3n) is 3.89. The van der Waals surface area contributed by atoms with Gasteiger partial charge in [0.1, 0.15) is 0 Å². The van der Waals surface area contributed by atoms with Gasteiger partial charge in [-0.1, -0.05) is 12.1 Å². The largest absolute Gasteiger partial charge is 0.376 e. The van der Waals surface area contributed by atoms with E-state index in [2.05, 4.69) is 10.6 Å². The van der Waals surface area contributed by atoms with Crippen LogP contribution in [0.25, 0.3) is 0 Å². The molecule has 0 radical (unpaired) electrons. The van der Waals surface area contributed by atoms with Gasteiger partial charge in [-0.15, -0.1) is 0 Å². The van der Waals surface area contributed by atoms with E-state index in [1.807, 2.05) is 0 Å². The highest BCUT2D eigenvalue weighted by Gasteiger charge is 2.20. The van der Waals surface area contributed by atoms with E-state index in [9.17, 15) is 25.9 Å². The van der Waals surface area contributed by atoms with Crippen molar-refractivity contribution in [2.24, 2.45) is 11.5 Å². The van der Waals surface area contributed by atoms with Gasteiger partial charge in [0.25, 0.3) is 20.2 Å². The van der Waals surface area contributed by atoms with Crippen LogP contribution >= 0.6 is 24.4 Å². The van der Waals surface area contributed by atoms with Crippen molar-refractivity contribution in [1.82, 2.24) is 0 Å². The summed E-state index contributed by atoms with van der Waals surface area (Å²) in [6.07, 6.45) is 0.0696. The highest BCUT2D eigenvalue weighted by molar-refractivity contribution is 7.86. The molecule has 8 N–H and O–H groups in total. The van der Waals surface area contributed by atoms with E-state index in [-0.39, 0.29) is 55.4 Å². The van der Waals surface area contributed by atoms with Crippen molar-refractivity contribution in [3.63, 3.8) is 0 Å². The molecule has 30 heavy (non-hydrogen) atoms. The predicted octanol–water partition coefficient (Wildman–Crippen LogP) is 1.28. The molecule has 0 aliphatic rings. The lowest BCUT2D eigenvalue weighted by molar-refractivity contribution is 0.479. The molecule has 0 aliphatic carbocycles. The van der Waals surface area contributed by atoms with Crippen molar-refractivity contribution in [1.29, 1.82) is 0 Å². The van der Waals surface area contributed by atoms with Crippen LogP contribution in [0.4, 0.5) is 11.4 Å². The van der Waals surface area contributed by atoms with Gasteiger partial charge in [0, 0.05) is 11.4 Å². The molecule has 2 rings (SSSR count). The fraction of sp³-hybridized carbons (Fsp3) is 0.125. The summed E-state index contributed by atoms with van der Waals surface area (Å²) >= 11 is 9.40. The van der Waals surface area contributed by atoms with Crippen LogP contribution in [-0.4, -0.2) is 36.2 Å². The standard InChI is InChI=1S/C16H18N4O6S4/c17-15(27)19-11-5-3-9(13(7-11)29(21,22)23)1-2-10-4-6-12(20-16(18)28)8-14(10)30(24,25)26/h3-8H,1-2H2,(H3,17,19,27)(H3,18,20,28)(H,21,22,23)(H,24,25,26). The highest BCUT2D eigenvalue weighted by atomic mass is 32.2. The minimum atomic E-state index is -4.58. The summed E-state index contributed by atoms with van der Waals surface area (Å²) in [7, 11) is -9.17. The van der Waals surface area contributed by atoms with Crippen LogP contribution in [0.3, 0.4) is 0 Å². The first-order chi connectivity index (χ1) is 13.8. The SMILES string of the molecule is NC(=S)Nc1ccc(CCc2ccc(NC(N)=S)cc2S(=O)(=O)O)c(S(=O)(=O)O)c1. The number of rotatable bonds is 7. The van der Waals surface area contributed by atoms with Gasteiger partial charge in [0.15, 0.2) is 10.2 Å². The van der Waals surface area contributed by atoms with Gasteiger partial charge >= 0.3 is 0 Å². The van der Waals surface area contributed by atoms with Crippen LogP contribution in [-0.2, 0) is 33.1 Å². The number of nitrogens with one attached hydrogen (secondary N) is 2. The molecule has 0 fully saturated rings. The fourth-order valence-electron chi connectivity index (χ4n) is 2.71. The molecule has 0 heterocycles. The van der Waals surface area contributed by atoms with Crippen LogP contribution in [0.1, 0.15) is 11.1 Å². The van der Waals surface area contributed by atoms with Gasteiger partial charge in [-0.05, 0) is 72.7 Å². The Labute approximate surface area is 184 Å². The molecular formula is C16H18N4O6S4. The van der Waals surface area contributed by atoms with Crippen LogP contribution in [0.15, 0.2) is 46.2 Å². The van der Waals surface area contributed by atoms with Crippen molar-refractivity contribution in [3.8, 4) is 0 Å². The average molecular weight is 491 g/mol. The first-order valence-electron chi connectivity index (χ1n) is 8.11. The number of benzene rings is 2. The summed E-state index contributed by atoms with van der Waals surface area (Å²) in [5, 5.41) is 4.94. The molecule has 2 aromatic carbocycles. The van der Waals surface area contributed by atoms with Crippen molar-refractivity contribution >= 4 is 66.3 Å². The Bertz CT molecular complexity index is 1120. The van der Waals surface area contributed by atoms with E-state index in [0.29, 0.717) is 0 Å². The number of hydrogen-bond donors (Lipinski definition) is 6. The minimum Gasteiger partial charge on any atom is -0.376 e. The van der Waals surface area contributed by atoms with E-state index in [0.717, 1.165) is 12.1 Å². The van der Waals surface area contributed by atoms with Gasteiger partial charge in [0.2, 0.25) is 0 Å². The predicted molar refractivity (Wildman–Crippen MR) is 121 cm³/mol. The van der Waals surface area contributed by atoms with Gasteiger partial charge < -0.3 is 22.1 Å². The second kappa shape index (κ2) is 9.20. The molecule has 0 saturated heterocycles. The van der Waals surface area contributed by atoms with Crippen LogP contribution in [0.5, 0.6) is 0 Å². The Morgan fingerprint density at radius 3 is 1.37 bits per heavy atom. The van der Waals surface area contributed by atoms with E-state index in [1.54, 1.807) is 0 Å². The Morgan fingerprint density at radius 1 is 0.767 bits per heavy atom. The maximum atomic E-state index is 11.8. The number of nitrogens with two attached hydrogens (primary N) is 2. The van der Waals surface area contributed by atoms with E-state index < -0.39 is 20.2 Å². The number of anilines is 2. The molecule has 0 spiro atoms. The molecule has 0 bridgehead atoms. The number of thiocarbonyl (C=S) groups is 2. The van der Waals surface area contributed by atoms with Crippen LogP contribution < -0.4 is 22.1 Å².